The minimum absolute atomic E-state index is 0.192. The van der Waals surface area contributed by atoms with E-state index in [1.165, 1.54) is 83.7 Å². The second kappa shape index (κ2) is 9.78. The zero-order valence-electron chi connectivity index (χ0n) is 14.3. The molecule has 0 spiro atoms. The molecule has 0 bridgehead atoms. The van der Waals surface area contributed by atoms with Gasteiger partial charge in [0.15, 0.2) is 0 Å². The van der Waals surface area contributed by atoms with Gasteiger partial charge < -0.3 is 5.73 Å². The van der Waals surface area contributed by atoms with Gasteiger partial charge in [0.1, 0.15) is 0 Å². The molecule has 0 aromatic carbocycles. The highest BCUT2D eigenvalue weighted by Gasteiger charge is 2.34. The Balaban J connectivity index is 2.05. The van der Waals surface area contributed by atoms with Crippen molar-refractivity contribution in [3.05, 3.63) is 0 Å². The van der Waals surface area contributed by atoms with Crippen LogP contribution in [0.3, 0.4) is 0 Å². The number of likely N-dealkylation sites (tertiary alicyclic amines) is 1. The quantitative estimate of drug-likeness (QED) is 0.556. The van der Waals surface area contributed by atoms with Crippen molar-refractivity contribution in [1.82, 2.24) is 4.90 Å². The largest absolute Gasteiger partial charge is 0.326 e. The highest BCUT2D eigenvalue weighted by Crippen LogP contribution is 2.25. The summed E-state index contributed by atoms with van der Waals surface area (Å²) in [6.07, 6.45) is 15.0. The normalized spacial score (nSPS) is 18.6. The van der Waals surface area contributed by atoms with Crippen molar-refractivity contribution in [3.63, 3.8) is 0 Å². The molecular weight excluding hydrogens is 244 g/mol. The Kier molecular flexibility index (Phi) is 8.79. The Morgan fingerprint density at radius 3 is 1.95 bits per heavy atom. The Bertz CT molecular complexity index is 232. The summed E-state index contributed by atoms with van der Waals surface area (Å²) in [6.45, 7) is 9.46. The topological polar surface area (TPSA) is 29.3 Å². The van der Waals surface area contributed by atoms with E-state index in [2.05, 4.69) is 25.7 Å². The summed E-state index contributed by atoms with van der Waals surface area (Å²) >= 11 is 0. The standard InChI is InChI=1S/C18H38N2/c1-4-5-6-7-8-9-10-11-14-17(19)18(2,3)20-15-12-13-16-20/h17H,4-16,19H2,1-3H3. The van der Waals surface area contributed by atoms with Gasteiger partial charge in [-0.05, 0) is 46.2 Å². The van der Waals surface area contributed by atoms with Crippen LogP contribution in [0.5, 0.6) is 0 Å². The van der Waals surface area contributed by atoms with E-state index in [1.807, 2.05) is 0 Å². The summed E-state index contributed by atoms with van der Waals surface area (Å²) in [4.78, 5) is 2.60. The Labute approximate surface area is 127 Å². The van der Waals surface area contributed by atoms with E-state index in [0.717, 1.165) is 0 Å². The van der Waals surface area contributed by atoms with Gasteiger partial charge in [-0.1, -0.05) is 58.3 Å². The summed E-state index contributed by atoms with van der Waals surface area (Å²) in [7, 11) is 0. The van der Waals surface area contributed by atoms with Crippen molar-refractivity contribution in [2.24, 2.45) is 5.73 Å². The minimum Gasteiger partial charge on any atom is -0.326 e. The third-order valence-electron chi connectivity index (χ3n) is 5.20. The fraction of sp³-hybridized carbons (Fsp3) is 1.00. The Morgan fingerprint density at radius 1 is 0.900 bits per heavy atom. The van der Waals surface area contributed by atoms with Gasteiger partial charge in [0, 0.05) is 11.6 Å². The molecule has 2 N–H and O–H groups in total. The van der Waals surface area contributed by atoms with Crippen LogP contribution in [0.2, 0.25) is 0 Å². The van der Waals surface area contributed by atoms with Crippen LogP contribution in [-0.4, -0.2) is 29.6 Å². The molecule has 0 aromatic heterocycles. The molecule has 1 fully saturated rings. The molecule has 0 saturated carbocycles. The third kappa shape index (κ3) is 6.13. The molecule has 1 aliphatic heterocycles. The second-order valence-electron chi connectivity index (χ2n) is 7.22. The number of unbranched alkanes of at least 4 members (excludes halogenated alkanes) is 7. The van der Waals surface area contributed by atoms with E-state index >= 15 is 0 Å². The molecule has 1 atom stereocenters. The first kappa shape index (κ1) is 18.0. The molecule has 1 unspecified atom stereocenters. The predicted molar refractivity (Wildman–Crippen MR) is 90.1 cm³/mol. The molecule has 2 nitrogen and oxygen atoms in total. The molecule has 1 aliphatic rings. The first-order valence-electron chi connectivity index (χ1n) is 9.09. The summed E-state index contributed by atoms with van der Waals surface area (Å²) < 4.78 is 0. The lowest BCUT2D eigenvalue weighted by molar-refractivity contribution is 0.118. The van der Waals surface area contributed by atoms with Crippen LogP contribution >= 0.6 is 0 Å². The predicted octanol–water partition coefficient (Wildman–Crippen LogP) is 4.72. The van der Waals surface area contributed by atoms with E-state index in [-0.39, 0.29) is 5.54 Å². The highest BCUT2D eigenvalue weighted by atomic mass is 15.2. The van der Waals surface area contributed by atoms with Crippen molar-refractivity contribution >= 4 is 0 Å². The van der Waals surface area contributed by atoms with Crippen molar-refractivity contribution in [3.8, 4) is 0 Å². The molecule has 0 amide bonds. The molecule has 0 aliphatic carbocycles. The van der Waals surface area contributed by atoms with E-state index < -0.39 is 0 Å². The lowest BCUT2D eigenvalue weighted by atomic mass is 9.89. The third-order valence-corrected chi connectivity index (χ3v) is 5.20. The second-order valence-corrected chi connectivity index (χ2v) is 7.22. The SMILES string of the molecule is CCCCCCCCCCC(N)C(C)(C)N1CCCC1. The molecule has 120 valence electrons. The fourth-order valence-electron chi connectivity index (χ4n) is 3.38. The first-order valence-corrected chi connectivity index (χ1v) is 9.09. The lowest BCUT2D eigenvalue weighted by Gasteiger charge is -2.40. The molecule has 0 radical (unpaired) electrons. The minimum atomic E-state index is 0.192. The smallest absolute Gasteiger partial charge is 0.0304 e. The number of hydrogen-bond donors (Lipinski definition) is 1. The van der Waals surface area contributed by atoms with E-state index in [9.17, 15) is 0 Å². The first-order chi connectivity index (χ1) is 9.59. The zero-order chi connectivity index (χ0) is 14.8. The molecule has 1 heterocycles. The van der Waals surface area contributed by atoms with Crippen LogP contribution in [0.25, 0.3) is 0 Å². The summed E-state index contributed by atoms with van der Waals surface area (Å²) in [5.41, 5.74) is 6.66. The summed E-state index contributed by atoms with van der Waals surface area (Å²) in [5.74, 6) is 0. The zero-order valence-corrected chi connectivity index (χ0v) is 14.3. The van der Waals surface area contributed by atoms with Crippen LogP contribution in [0.15, 0.2) is 0 Å². The molecule has 1 rings (SSSR count). The maximum Gasteiger partial charge on any atom is 0.0304 e. The maximum atomic E-state index is 6.47. The Hall–Kier alpha value is -0.0800. The highest BCUT2D eigenvalue weighted by molar-refractivity contribution is 4.93. The van der Waals surface area contributed by atoms with E-state index in [0.29, 0.717) is 6.04 Å². The number of nitrogens with two attached hydrogens (primary N) is 1. The van der Waals surface area contributed by atoms with Crippen LogP contribution < -0.4 is 5.73 Å². The van der Waals surface area contributed by atoms with Crippen LogP contribution in [0, 0.1) is 0 Å². The average molecular weight is 283 g/mol. The van der Waals surface area contributed by atoms with Gasteiger partial charge in [-0.25, -0.2) is 0 Å². The summed E-state index contributed by atoms with van der Waals surface area (Å²) in [6, 6.07) is 0.334. The molecular formula is C18H38N2. The van der Waals surface area contributed by atoms with Gasteiger partial charge in [-0.3, -0.25) is 4.90 Å². The van der Waals surface area contributed by atoms with Crippen molar-refractivity contribution < 1.29 is 0 Å². The monoisotopic (exact) mass is 282 g/mol. The summed E-state index contributed by atoms with van der Waals surface area (Å²) in [5, 5.41) is 0. The molecule has 1 saturated heterocycles. The fourth-order valence-corrected chi connectivity index (χ4v) is 3.38. The molecule has 2 heteroatoms. The number of hydrogen-bond acceptors (Lipinski definition) is 2. The van der Waals surface area contributed by atoms with Crippen LogP contribution in [0.1, 0.15) is 91.4 Å². The maximum absolute atomic E-state index is 6.47. The van der Waals surface area contributed by atoms with Crippen LogP contribution in [0.4, 0.5) is 0 Å². The lowest BCUT2D eigenvalue weighted by Crippen LogP contribution is -2.55. The van der Waals surface area contributed by atoms with Gasteiger partial charge in [-0.2, -0.15) is 0 Å². The molecule has 20 heavy (non-hydrogen) atoms. The van der Waals surface area contributed by atoms with Gasteiger partial charge >= 0.3 is 0 Å². The van der Waals surface area contributed by atoms with Gasteiger partial charge in [0.05, 0.1) is 0 Å². The van der Waals surface area contributed by atoms with Crippen molar-refractivity contribution in [2.75, 3.05) is 13.1 Å². The van der Waals surface area contributed by atoms with Gasteiger partial charge in [-0.15, -0.1) is 0 Å². The Morgan fingerprint density at radius 2 is 1.40 bits per heavy atom. The molecule has 0 aromatic rings. The van der Waals surface area contributed by atoms with Gasteiger partial charge in [0.2, 0.25) is 0 Å². The van der Waals surface area contributed by atoms with Crippen molar-refractivity contribution in [2.45, 2.75) is 103 Å². The number of rotatable bonds is 11. The average Bonchev–Trinajstić information content (AvgIpc) is 2.96. The van der Waals surface area contributed by atoms with E-state index in [4.69, 9.17) is 5.73 Å². The van der Waals surface area contributed by atoms with E-state index in [1.54, 1.807) is 0 Å². The van der Waals surface area contributed by atoms with Crippen LogP contribution in [-0.2, 0) is 0 Å². The van der Waals surface area contributed by atoms with Gasteiger partial charge in [0.25, 0.3) is 0 Å². The number of nitrogens with zero attached hydrogens (tertiary/aromatic N) is 1. The van der Waals surface area contributed by atoms with Crippen molar-refractivity contribution in [1.29, 1.82) is 0 Å².